The van der Waals surface area contributed by atoms with Crippen LogP contribution >= 0.6 is 23.2 Å². The first-order chi connectivity index (χ1) is 15.6. The second-order valence-electron chi connectivity index (χ2n) is 6.59. The Morgan fingerprint density at radius 2 is 1.67 bits per heavy atom. The topological polar surface area (TPSA) is 50.6 Å². The van der Waals surface area contributed by atoms with Gasteiger partial charge in [0, 0.05) is 37.3 Å². The predicted molar refractivity (Wildman–Crippen MR) is 126 cm³/mol. The molecule has 3 rings (SSSR count). The first-order valence-corrected chi connectivity index (χ1v) is 11.5. The van der Waals surface area contributed by atoms with Crippen molar-refractivity contribution in [1.82, 2.24) is 14.7 Å². The summed E-state index contributed by atoms with van der Waals surface area (Å²) >= 11 is 11.7. The molecule has 0 N–H and O–H groups in total. The highest BCUT2D eigenvalue weighted by Gasteiger charge is 2.38. The average molecular weight is 511 g/mol. The molecular weight excluding hydrogens is 480 g/mol. The summed E-state index contributed by atoms with van der Waals surface area (Å²) < 4.78 is 45.2. The lowest BCUT2D eigenvalue weighted by atomic mass is 10.2. The number of halogens is 5. The number of aromatic nitrogens is 2. The highest BCUT2D eigenvalue weighted by molar-refractivity contribution is 6.32. The fraction of sp³-hybridized carbons (Fsp3) is 0.545. The number of amides is 1. The number of anilines is 1. The number of hydrogen-bond donors (Lipinski definition) is 0. The minimum absolute atomic E-state index is 0.108. The van der Waals surface area contributed by atoms with Crippen LogP contribution in [-0.4, -0.2) is 53.9 Å². The van der Waals surface area contributed by atoms with Crippen molar-refractivity contribution in [3.63, 3.8) is 0 Å². The zero-order valence-corrected chi connectivity index (χ0v) is 21.3. The van der Waals surface area contributed by atoms with Crippen LogP contribution in [0.4, 0.5) is 18.9 Å². The maximum absolute atomic E-state index is 12.9. The fourth-order valence-corrected chi connectivity index (χ4v) is 3.60. The van der Waals surface area contributed by atoms with E-state index in [4.69, 9.17) is 27.9 Å². The van der Waals surface area contributed by atoms with E-state index in [9.17, 15) is 18.0 Å². The fourth-order valence-electron chi connectivity index (χ4n) is 3.20. The molecule has 2 heterocycles. The van der Waals surface area contributed by atoms with Gasteiger partial charge in [-0.15, -0.1) is 0 Å². The first-order valence-electron chi connectivity index (χ1n) is 10.8. The third kappa shape index (κ3) is 7.17. The van der Waals surface area contributed by atoms with Gasteiger partial charge in [-0.3, -0.25) is 9.48 Å². The Morgan fingerprint density at radius 1 is 1.09 bits per heavy atom. The van der Waals surface area contributed by atoms with Gasteiger partial charge in [0.2, 0.25) is 5.91 Å². The van der Waals surface area contributed by atoms with E-state index in [2.05, 4.69) is 10.00 Å². The van der Waals surface area contributed by atoms with Gasteiger partial charge >= 0.3 is 6.18 Å². The predicted octanol–water partition coefficient (Wildman–Crippen LogP) is 5.93. The molecule has 0 atom stereocenters. The number of ether oxygens (including phenoxy) is 1. The van der Waals surface area contributed by atoms with Crippen molar-refractivity contribution in [3.05, 3.63) is 39.6 Å². The molecule has 6 nitrogen and oxygen atoms in total. The molecule has 186 valence electrons. The van der Waals surface area contributed by atoms with Crippen LogP contribution in [0.15, 0.2) is 18.2 Å². The lowest BCUT2D eigenvalue weighted by Gasteiger charge is -2.36. The number of benzene rings is 1. The Balaban J connectivity index is 0.00000129. The molecule has 33 heavy (non-hydrogen) atoms. The van der Waals surface area contributed by atoms with Crippen LogP contribution in [0.25, 0.3) is 0 Å². The van der Waals surface area contributed by atoms with Crippen LogP contribution in [-0.2, 0) is 17.5 Å². The molecule has 1 aliphatic heterocycles. The quantitative estimate of drug-likeness (QED) is 0.511. The minimum Gasteiger partial charge on any atom is -0.495 e. The maximum Gasteiger partial charge on any atom is 0.436 e. The van der Waals surface area contributed by atoms with Crippen molar-refractivity contribution in [2.45, 2.75) is 47.3 Å². The highest BCUT2D eigenvalue weighted by Crippen LogP contribution is 2.35. The van der Waals surface area contributed by atoms with Crippen LogP contribution in [0.1, 0.15) is 39.1 Å². The monoisotopic (exact) mass is 510 g/mol. The van der Waals surface area contributed by atoms with Crippen LogP contribution in [0.5, 0.6) is 5.75 Å². The molecular formula is C22H31Cl2F3N4O2. The van der Waals surface area contributed by atoms with E-state index in [0.717, 1.165) is 10.4 Å². The van der Waals surface area contributed by atoms with E-state index in [-0.39, 0.29) is 18.1 Å². The molecule has 1 aliphatic rings. The Kier molecular flexibility index (Phi) is 11.3. The molecule has 2 aromatic rings. The van der Waals surface area contributed by atoms with Crippen molar-refractivity contribution in [2.24, 2.45) is 0 Å². The third-order valence-electron chi connectivity index (χ3n) is 4.80. The summed E-state index contributed by atoms with van der Waals surface area (Å²) in [4.78, 5) is 16.2. The van der Waals surface area contributed by atoms with Gasteiger partial charge in [-0.1, -0.05) is 50.9 Å². The molecule has 0 spiro atoms. The molecule has 1 saturated heterocycles. The standard InChI is InChI=1S/C18H19Cl2F3N4O2.2C2H6/c1-11-16(20)17(18(21,22)23)24-27(11)10-15(28)26-7-5-25(6-8-26)13-4-3-12(19)9-14(13)29-2;2*1-2/h3-4,9H,5-8,10H2,1-2H3;2*1-2H3. The second-order valence-corrected chi connectivity index (χ2v) is 7.40. The van der Waals surface area contributed by atoms with Gasteiger partial charge in [-0.05, 0) is 19.1 Å². The van der Waals surface area contributed by atoms with Gasteiger partial charge in [0.1, 0.15) is 12.3 Å². The van der Waals surface area contributed by atoms with E-state index in [1.165, 1.54) is 6.92 Å². The largest absolute Gasteiger partial charge is 0.495 e. The van der Waals surface area contributed by atoms with Crippen molar-refractivity contribution in [1.29, 1.82) is 0 Å². The van der Waals surface area contributed by atoms with Crippen LogP contribution in [0.3, 0.4) is 0 Å². The lowest BCUT2D eigenvalue weighted by Crippen LogP contribution is -2.49. The zero-order chi connectivity index (χ0) is 25.3. The van der Waals surface area contributed by atoms with Crippen molar-refractivity contribution in [3.8, 4) is 5.75 Å². The highest BCUT2D eigenvalue weighted by atomic mass is 35.5. The first kappa shape index (κ1) is 28.9. The van der Waals surface area contributed by atoms with Gasteiger partial charge in [0.15, 0.2) is 5.69 Å². The third-order valence-corrected chi connectivity index (χ3v) is 5.49. The van der Waals surface area contributed by atoms with Gasteiger partial charge in [0.25, 0.3) is 0 Å². The number of nitrogens with zero attached hydrogens (tertiary/aromatic N) is 4. The van der Waals surface area contributed by atoms with Crippen molar-refractivity contribution < 1.29 is 22.7 Å². The molecule has 0 bridgehead atoms. The van der Waals surface area contributed by atoms with Gasteiger partial charge in [0.05, 0.1) is 23.5 Å². The molecule has 0 radical (unpaired) electrons. The number of alkyl halides is 3. The summed E-state index contributed by atoms with van der Waals surface area (Å²) in [7, 11) is 1.56. The van der Waals surface area contributed by atoms with E-state index in [0.29, 0.717) is 37.0 Å². The summed E-state index contributed by atoms with van der Waals surface area (Å²) in [6, 6.07) is 5.34. The zero-order valence-electron chi connectivity index (χ0n) is 19.8. The van der Waals surface area contributed by atoms with Gasteiger partial charge in [-0.25, -0.2) is 0 Å². The van der Waals surface area contributed by atoms with E-state index in [1.54, 1.807) is 24.1 Å². The summed E-state index contributed by atoms with van der Waals surface area (Å²) in [5, 5.41) is 3.56. The number of methoxy groups -OCH3 is 1. The van der Waals surface area contributed by atoms with Crippen LogP contribution in [0, 0.1) is 6.92 Å². The molecule has 11 heteroatoms. The molecule has 1 amide bonds. The van der Waals surface area contributed by atoms with Gasteiger partial charge in [-0.2, -0.15) is 18.3 Å². The average Bonchev–Trinajstić information content (AvgIpc) is 3.10. The Labute approximate surface area is 203 Å². The Hall–Kier alpha value is -2.13. The number of rotatable bonds is 4. The molecule has 1 fully saturated rings. The smallest absolute Gasteiger partial charge is 0.436 e. The Morgan fingerprint density at radius 3 is 2.15 bits per heavy atom. The lowest BCUT2D eigenvalue weighted by molar-refractivity contribution is -0.142. The van der Waals surface area contributed by atoms with Crippen molar-refractivity contribution >= 4 is 34.8 Å². The number of carbonyl (C=O) groups excluding carboxylic acids is 1. The summed E-state index contributed by atoms with van der Waals surface area (Å²) in [5.74, 6) is 0.322. The molecule has 0 saturated carbocycles. The summed E-state index contributed by atoms with van der Waals surface area (Å²) in [5.41, 5.74) is -0.200. The number of carbonyl (C=O) groups is 1. The Bertz CT molecular complexity index is 912. The number of hydrogen-bond acceptors (Lipinski definition) is 4. The SMILES string of the molecule is CC.CC.COc1cc(Cl)ccc1N1CCN(C(=O)Cn2nc(C(F)(F)F)c(Cl)c2C)CC1. The minimum atomic E-state index is -4.67. The maximum atomic E-state index is 12.9. The van der Waals surface area contributed by atoms with E-state index in [1.807, 2.05) is 33.8 Å². The van der Waals surface area contributed by atoms with Crippen LogP contribution < -0.4 is 9.64 Å². The molecule has 1 aromatic heterocycles. The van der Waals surface area contributed by atoms with E-state index >= 15 is 0 Å². The molecule has 0 unspecified atom stereocenters. The number of piperazine rings is 1. The summed E-state index contributed by atoms with van der Waals surface area (Å²) in [6.45, 7) is 11.1. The summed E-state index contributed by atoms with van der Waals surface area (Å²) in [6.07, 6.45) is -4.67. The molecule has 0 aliphatic carbocycles. The van der Waals surface area contributed by atoms with Crippen molar-refractivity contribution in [2.75, 3.05) is 38.2 Å². The van der Waals surface area contributed by atoms with Crippen LogP contribution in [0.2, 0.25) is 10.0 Å². The molecule has 1 aromatic carbocycles. The normalized spacial score (nSPS) is 13.5. The van der Waals surface area contributed by atoms with E-state index < -0.39 is 16.9 Å². The van der Waals surface area contributed by atoms with Gasteiger partial charge < -0.3 is 14.5 Å². The second kappa shape index (κ2) is 12.9.